The highest BCUT2D eigenvalue weighted by molar-refractivity contribution is 7.20. The van der Waals surface area contributed by atoms with Gasteiger partial charge in [-0.25, -0.2) is 4.79 Å². The molecule has 0 saturated heterocycles. The van der Waals surface area contributed by atoms with E-state index in [1.807, 2.05) is 13.8 Å². The maximum atomic E-state index is 12.0. The van der Waals surface area contributed by atoms with Gasteiger partial charge in [-0.1, -0.05) is 13.8 Å². The Morgan fingerprint density at radius 3 is 2.62 bits per heavy atom. The summed E-state index contributed by atoms with van der Waals surface area (Å²) in [5, 5.41) is 14.2. The van der Waals surface area contributed by atoms with Gasteiger partial charge in [0.15, 0.2) is 6.61 Å². The highest BCUT2D eigenvalue weighted by Crippen LogP contribution is 2.29. The lowest BCUT2D eigenvalue weighted by molar-refractivity contribution is -0.384. The van der Waals surface area contributed by atoms with Crippen LogP contribution >= 0.6 is 11.3 Å². The third kappa shape index (κ3) is 4.29. The third-order valence-corrected chi connectivity index (χ3v) is 4.69. The van der Waals surface area contributed by atoms with Crippen molar-refractivity contribution in [2.24, 2.45) is 0 Å². The second kappa shape index (κ2) is 7.87. The first kappa shape index (κ1) is 17.9. The average Bonchev–Trinajstić information content (AvgIpc) is 3.00. The van der Waals surface area contributed by atoms with Crippen molar-refractivity contribution < 1.29 is 19.2 Å². The third-order valence-electron chi connectivity index (χ3n) is 3.60. The number of non-ortho nitro benzene ring substituents is 1. The Morgan fingerprint density at radius 2 is 2.00 bits per heavy atom. The zero-order valence-corrected chi connectivity index (χ0v) is 14.2. The highest BCUT2D eigenvalue weighted by Gasteiger charge is 2.16. The van der Waals surface area contributed by atoms with E-state index in [4.69, 9.17) is 4.74 Å². The molecule has 1 N–H and O–H groups in total. The van der Waals surface area contributed by atoms with Crippen molar-refractivity contribution >= 4 is 39.0 Å². The van der Waals surface area contributed by atoms with Crippen molar-refractivity contribution in [3.05, 3.63) is 39.3 Å². The number of carbonyl (C=O) groups is 2. The van der Waals surface area contributed by atoms with Crippen molar-refractivity contribution in [1.82, 2.24) is 5.32 Å². The van der Waals surface area contributed by atoms with E-state index >= 15 is 0 Å². The maximum Gasteiger partial charge on any atom is 0.348 e. The van der Waals surface area contributed by atoms with Crippen LogP contribution in [0.15, 0.2) is 24.3 Å². The lowest BCUT2D eigenvalue weighted by Crippen LogP contribution is -2.36. The number of carbonyl (C=O) groups excluding carboxylic acids is 2. The van der Waals surface area contributed by atoms with Crippen LogP contribution < -0.4 is 5.32 Å². The molecular formula is C16H18N2O5S. The minimum atomic E-state index is -0.612. The molecule has 0 aliphatic carbocycles. The van der Waals surface area contributed by atoms with E-state index in [1.165, 1.54) is 29.5 Å². The number of amides is 1. The fraction of sp³-hybridized carbons (Fsp3) is 0.375. The summed E-state index contributed by atoms with van der Waals surface area (Å²) in [6.07, 6.45) is 1.62. The topological polar surface area (TPSA) is 98.5 Å². The first-order chi connectivity index (χ1) is 11.4. The number of nitrogens with one attached hydrogen (secondary N) is 1. The minimum absolute atomic E-state index is 0.0373. The summed E-state index contributed by atoms with van der Waals surface area (Å²) in [4.78, 5) is 34.4. The number of rotatable bonds is 7. The van der Waals surface area contributed by atoms with Gasteiger partial charge < -0.3 is 10.1 Å². The summed E-state index contributed by atoms with van der Waals surface area (Å²) in [5.74, 6) is -0.952. The van der Waals surface area contributed by atoms with Crippen LogP contribution in [0.5, 0.6) is 0 Å². The van der Waals surface area contributed by atoms with Crippen LogP contribution in [-0.2, 0) is 9.53 Å². The molecule has 7 nitrogen and oxygen atoms in total. The lowest BCUT2D eigenvalue weighted by atomic mass is 10.2. The normalized spacial score (nSPS) is 10.8. The van der Waals surface area contributed by atoms with Gasteiger partial charge in [-0.05, 0) is 25.0 Å². The fourth-order valence-electron chi connectivity index (χ4n) is 2.21. The van der Waals surface area contributed by atoms with Gasteiger partial charge >= 0.3 is 5.97 Å². The van der Waals surface area contributed by atoms with Crippen molar-refractivity contribution in [2.45, 2.75) is 32.7 Å². The van der Waals surface area contributed by atoms with Crippen LogP contribution in [0.3, 0.4) is 0 Å². The van der Waals surface area contributed by atoms with E-state index in [0.717, 1.165) is 17.5 Å². The molecule has 0 unspecified atom stereocenters. The van der Waals surface area contributed by atoms with Crippen LogP contribution in [0.4, 0.5) is 5.69 Å². The second-order valence-electron chi connectivity index (χ2n) is 5.25. The number of hydrogen-bond acceptors (Lipinski definition) is 6. The Bertz CT molecular complexity index is 767. The summed E-state index contributed by atoms with van der Waals surface area (Å²) in [7, 11) is 0. The van der Waals surface area contributed by atoms with Crippen LogP contribution in [0.25, 0.3) is 10.1 Å². The quantitative estimate of drug-likeness (QED) is 0.469. The average molecular weight is 350 g/mol. The number of esters is 1. The molecule has 1 aromatic heterocycles. The molecule has 2 aromatic rings. The van der Waals surface area contributed by atoms with Crippen molar-refractivity contribution in [3.8, 4) is 0 Å². The Hall–Kier alpha value is -2.48. The van der Waals surface area contributed by atoms with Gasteiger partial charge in [0.2, 0.25) is 0 Å². The van der Waals surface area contributed by atoms with Gasteiger partial charge in [-0.2, -0.15) is 0 Å². The molecule has 0 bridgehead atoms. The summed E-state index contributed by atoms with van der Waals surface area (Å²) < 4.78 is 5.76. The predicted octanol–water partition coefficient (Wildman–Crippen LogP) is 3.27. The number of fused-ring (bicyclic) bond motifs is 1. The number of hydrogen-bond donors (Lipinski definition) is 1. The van der Waals surface area contributed by atoms with E-state index in [1.54, 1.807) is 6.07 Å². The van der Waals surface area contributed by atoms with Gasteiger partial charge in [0.05, 0.1) is 4.92 Å². The fourth-order valence-corrected chi connectivity index (χ4v) is 3.15. The number of ether oxygens (including phenoxy) is 1. The van der Waals surface area contributed by atoms with E-state index in [9.17, 15) is 19.7 Å². The molecule has 2 rings (SSSR count). The highest BCUT2D eigenvalue weighted by atomic mass is 32.1. The zero-order valence-electron chi connectivity index (χ0n) is 13.4. The largest absolute Gasteiger partial charge is 0.451 e. The maximum absolute atomic E-state index is 12.0. The smallest absolute Gasteiger partial charge is 0.348 e. The van der Waals surface area contributed by atoms with Crippen LogP contribution in [0.2, 0.25) is 0 Å². The first-order valence-corrected chi connectivity index (χ1v) is 8.40. The van der Waals surface area contributed by atoms with Crippen molar-refractivity contribution in [3.63, 3.8) is 0 Å². The van der Waals surface area contributed by atoms with E-state index < -0.39 is 10.9 Å². The van der Waals surface area contributed by atoms with Crippen LogP contribution in [0.1, 0.15) is 36.4 Å². The Kier molecular flexibility index (Phi) is 5.86. The Labute approximate surface area is 142 Å². The Morgan fingerprint density at radius 1 is 1.29 bits per heavy atom. The molecule has 1 aromatic carbocycles. The molecule has 0 radical (unpaired) electrons. The molecule has 0 saturated carbocycles. The monoisotopic (exact) mass is 350 g/mol. The molecule has 1 amide bonds. The molecule has 0 aliphatic rings. The molecule has 1 heterocycles. The SMILES string of the molecule is CCC(CC)NC(=O)COC(=O)c1cc2cc([N+](=O)[O-])ccc2s1. The standard InChI is InChI=1S/C16H18N2O5S/c1-3-11(4-2)17-15(19)9-23-16(20)14-8-10-7-12(18(21)22)5-6-13(10)24-14/h5-8,11H,3-4,9H2,1-2H3,(H,17,19). The summed E-state index contributed by atoms with van der Waals surface area (Å²) in [5.41, 5.74) is -0.0373. The molecule has 128 valence electrons. The van der Waals surface area contributed by atoms with E-state index in [2.05, 4.69) is 5.32 Å². The molecule has 0 fully saturated rings. The van der Waals surface area contributed by atoms with Gasteiger partial charge in [-0.15, -0.1) is 11.3 Å². The van der Waals surface area contributed by atoms with Crippen LogP contribution in [-0.4, -0.2) is 29.4 Å². The van der Waals surface area contributed by atoms with Crippen molar-refractivity contribution in [2.75, 3.05) is 6.61 Å². The zero-order chi connectivity index (χ0) is 17.7. The number of benzene rings is 1. The van der Waals surface area contributed by atoms with Gasteiger partial charge in [0, 0.05) is 28.3 Å². The van der Waals surface area contributed by atoms with E-state index in [-0.39, 0.29) is 24.2 Å². The number of thiophene rings is 1. The minimum Gasteiger partial charge on any atom is -0.451 e. The second-order valence-corrected chi connectivity index (χ2v) is 6.33. The number of nitro groups is 1. The molecule has 24 heavy (non-hydrogen) atoms. The van der Waals surface area contributed by atoms with Crippen molar-refractivity contribution in [1.29, 1.82) is 0 Å². The first-order valence-electron chi connectivity index (χ1n) is 7.59. The van der Waals surface area contributed by atoms with Gasteiger partial charge in [-0.3, -0.25) is 14.9 Å². The van der Waals surface area contributed by atoms with Gasteiger partial charge in [0.25, 0.3) is 11.6 Å². The summed E-state index contributed by atoms with van der Waals surface area (Å²) >= 11 is 1.17. The molecule has 0 aliphatic heterocycles. The molecular weight excluding hydrogens is 332 g/mol. The summed E-state index contributed by atoms with van der Waals surface area (Å²) in [6.45, 7) is 3.59. The Balaban J connectivity index is 2.01. The number of nitro benzene ring substituents is 1. The molecule has 8 heteroatoms. The number of nitrogens with zero attached hydrogens (tertiary/aromatic N) is 1. The van der Waals surface area contributed by atoms with Crippen LogP contribution in [0, 0.1) is 10.1 Å². The van der Waals surface area contributed by atoms with E-state index in [0.29, 0.717) is 10.3 Å². The summed E-state index contributed by atoms with van der Waals surface area (Å²) in [6, 6.07) is 5.99. The molecule has 0 atom stereocenters. The molecule has 0 spiro atoms. The van der Waals surface area contributed by atoms with Gasteiger partial charge in [0.1, 0.15) is 4.88 Å². The predicted molar refractivity (Wildman–Crippen MR) is 91.3 cm³/mol. The lowest BCUT2D eigenvalue weighted by Gasteiger charge is -2.14.